The van der Waals surface area contributed by atoms with Gasteiger partial charge in [-0.2, -0.15) is 0 Å². The number of alkyl halides is 1. The van der Waals surface area contributed by atoms with E-state index in [0.29, 0.717) is 17.8 Å². The maximum Gasteiger partial charge on any atom is 0.129 e. The third-order valence-corrected chi connectivity index (χ3v) is 3.76. The van der Waals surface area contributed by atoms with Crippen molar-refractivity contribution in [2.45, 2.75) is 38.1 Å². The largest absolute Gasteiger partial charge is 0.379 e. The lowest BCUT2D eigenvalue weighted by Crippen LogP contribution is -2.32. The van der Waals surface area contributed by atoms with E-state index >= 15 is 0 Å². The van der Waals surface area contributed by atoms with E-state index in [-0.39, 0.29) is 0 Å². The van der Waals surface area contributed by atoms with Crippen molar-refractivity contribution >= 4 is 17.4 Å². The number of anilines is 1. The van der Waals surface area contributed by atoms with Crippen molar-refractivity contribution in [1.29, 1.82) is 0 Å². The van der Waals surface area contributed by atoms with Crippen molar-refractivity contribution in [2.75, 3.05) is 25.2 Å². The van der Waals surface area contributed by atoms with Gasteiger partial charge in [-0.15, -0.1) is 11.6 Å². The summed E-state index contributed by atoms with van der Waals surface area (Å²) in [5.74, 6) is 1.96. The number of pyridine rings is 1. The maximum atomic E-state index is 5.97. The summed E-state index contributed by atoms with van der Waals surface area (Å²) in [6.45, 7) is 5.95. The molecule has 1 aliphatic rings. The van der Waals surface area contributed by atoms with E-state index in [0.717, 1.165) is 36.7 Å². The quantitative estimate of drug-likeness (QED) is 0.785. The minimum Gasteiger partial charge on any atom is -0.379 e. The van der Waals surface area contributed by atoms with Crippen LogP contribution in [0.5, 0.6) is 0 Å². The Kier molecular flexibility index (Phi) is 4.46. The molecule has 100 valence electrons. The van der Waals surface area contributed by atoms with E-state index in [1.807, 2.05) is 0 Å². The highest BCUT2D eigenvalue weighted by molar-refractivity contribution is 6.17. The zero-order valence-electron chi connectivity index (χ0n) is 11.3. The molecule has 1 aromatic heterocycles. The van der Waals surface area contributed by atoms with E-state index in [4.69, 9.17) is 21.3 Å². The number of halogens is 1. The molecule has 0 amide bonds. The fourth-order valence-electron chi connectivity index (χ4n) is 2.16. The second-order valence-electron chi connectivity index (χ2n) is 5.18. The average molecular weight is 269 g/mol. The highest BCUT2D eigenvalue weighted by Crippen LogP contribution is 2.23. The number of hydrogen-bond acceptors (Lipinski definition) is 3. The average Bonchev–Trinajstić information content (AvgIpc) is 2.91. The number of likely N-dealkylation sites (N-methyl/N-ethyl adjacent to an activating group) is 1. The molecule has 18 heavy (non-hydrogen) atoms. The highest BCUT2D eigenvalue weighted by Gasteiger charge is 2.22. The molecule has 0 spiro atoms. The van der Waals surface area contributed by atoms with Crippen molar-refractivity contribution in [3.05, 3.63) is 23.4 Å². The van der Waals surface area contributed by atoms with Crippen LogP contribution in [-0.4, -0.2) is 31.3 Å². The molecular weight excluding hydrogens is 248 g/mol. The van der Waals surface area contributed by atoms with Crippen LogP contribution in [0.2, 0.25) is 0 Å². The molecule has 1 aromatic rings. The summed E-state index contributed by atoms with van der Waals surface area (Å²) in [6, 6.07) is 4.61. The van der Waals surface area contributed by atoms with Gasteiger partial charge in [-0.05, 0) is 30.0 Å². The Hall–Kier alpha value is -0.800. The van der Waals surface area contributed by atoms with E-state index in [9.17, 15) is 0 Å². The monoisotopic (exact) mass is 268 g/mol. The van der Waals surface area contributed by atoms with Crippen LogP contribution in [0.15, 0.2) is 12.1 Å². The summed E-state index contributed by atoms with van der Waals surface area (Å²) in [4.78, 5) is 6.95. The molecule has 4 heteroatoms. The smallest absolute Gasteiger partial charge is 0.129 e. The Labute approximate surface area is 114 Å². The van der Waals surface area contributed by atoms with Crippen molar-refractivity contribution in [3.63, 3.8) is 0 Å². The summed E-state index contributed by atoms with van der Waals surface area (Å²) in [5.41, 5.74) is 2.24. The summed E-state index contributed by atoms with van der Waals surface area (Å²) < 4.78 is 5.44. The van der Waals surface area contributed by atoms with Crippen molar-refractivity contribution < 1.29 is 4.74 Å². The van der Waals surface area contributed by atoms with Crippen LogP contribution in [0, 0.1) is 0 Å². The van der Waals surface area contributed by atoms with Gasteiger partial charge in [0.1, 0.15) is 5.82 Å². The fraction of sp³-hybridized carbons (Fsp3) is 0.643. The Balaban J connectivity index is 2.27. The van der Waals surface area contributed by atoms with Crippen LogP contribution < -0.4 is 4.90 Å². The zero-order chi connectivity index (χ0) is 13.1. The highest BCUT2D eigenvalue weighted by atomic mass is 35.5. The van der Waals surface area contributed by atoms with E-state index < -0.39 is 0 Å². The number of ether oxygens (including phenoxy) is 1. The van der Waals surface area contributed by atoms with Gasteiger partial charge in [-0.1, -0.05) is 13.8 Å². The molecule has 0 aliphatic carbocycles. The van der Waals surface area contributed by atoms with Crippen molar-refractivity contribution in [1.82, 2.24) is 4.98 Å². The molecule has 3 nitrogen and oxygen atoms in total. The van der Waals surface area contributed by atoms with Gasteiger partial charge in [0, 0.05) is 25.2 Å². The summed E-state index contributed by atoms with van der Waals surface area (Å²) in [6.07, 6.45) is 1.07. The molecule has 1 atom stereocenters. The molecular formula is C14H21ClN2O. The van der Waals surface area contributed by atoms with Crippen LogP contribution in [0.25, 0.3) is 0 Å². The summed E-state index contributed by atoms with van der Waals surface area (Å²) >= 11 is 5.97. The predicted molar refractivity (Wildman–Crippen MR) is 75.5 cm³/mol. The molecule has 2 heterocycles. The number of rotatable bonds is 4. The number of aromatic nitrogens is 1. The Morgan fingerprint density at radius 3 is 2.83 bits per heavy atom. The van der Waals surface area contributed by atoms with Crippen LogP contribution in [0.4, 0.5) is 5.82 Å². The first-order valence-corrected chi connectivity index (χ1v) is 7.02. The molecule has 0 aromatic carbocycles. The molecule has 0 radical (unpaired) electrons. The first kappa shape index (κ1) is 13.6. The molecule has 1 unspecified atom stereocenters. The normalized spacial score (nSPS) is 19.5. The van der Waals surface area contributed by atoms with Gasteiger partial charge in [0.25, 0.3) is 0 Å². The third kappa shape index (κ3) is 2.96. The van der Waals surface area contributed by atoms with Gasteiger partial charge in [0.05, 0.1) is 12.6 Å². The maximum absolute atomic E-state index is 5.97. The second-order valence-corrected chi connectivity index (χ2v) is 5.44. The topological polar surface area (TPSA) is 25.4 Å². The number of nitrogens with zero attached hydrogens (tertiary/aromatic N) is 2. The van der Waals surface area contributed by atoms with Gasteiger partial charge in [0.2, 0.25) is 0 Å². The second kappa shape index (κ2) is 5.89. The molecule has 1 fully saturated rings. The van der Waals surface area contributed by atoms with E-state index in [1.54, 1.807) is 0 Å². The van der Waals surface area contributed by atoms with Crippen LogP contribution in [-0.2, 0) is 10.6 Å². The predicted octanol–water partition coefficient (Wildman–Crippen LogP) is 3.17. The van der Waals surface area contributed by atoms with Gasteiger partial charge >= 0.3 is 0 Å². The van der Waals surface area contributed by atoms with Gasteiger partial charge < -0.3 is 9.64 Å². The zero-order valence-corrected chi connectivity index (χ0v) is 12.1. The molecule has 2 rings (SSSR count). The minimum absolute atomic E-state index is 0.417. The Morgan fingerprint density at radius 1 is 1.50 bits per heavy atom. The lowest BCUT2D eigenvalue weighted by atomic mass is 10.1. The van der Waals surface area contributed by atoms with E-state index in [1.165, 1.54) is 0 Å². The SMILES string of the molecule is CC(C)c1cc(CCl)cc(N(C)C2CCOC2)n1. The lowest BCUT2D eigenvalue weighted by molar-refractivity contribution is 0.193. The van der Waals surface area contributed by atoms with E-state index in [2.05, 4.69) is 37.9 Å². The summed E-state index contributed by atoms with van der Waals surface area (Å²) in [5, 5.41) is 0. The molecule has 1 saturated heterocycles. The van der Waals surface area contributed by atoms with Crippen LogP contribution >= 0.6 is 11.6 Å². The van der Waals surface area contributed by atoms with Crippen LogP contribution in [0.3, 0.4) is 0 Å². The standard InChI is InChI=1S/C14H21ClN2O/c1-10(2)13-6-11(8-15)7-14(16-13)17(3)12-4-5-18-9-12/h6-7,10,12H,4-5,8-9H2,1-3H3. The van der Waals surface area contributed by atoms with Gasteiger partial charge in [-0.25, -0.2) is 4.98 Å². The number of hydrogen-bond donors (Lipinski definition) is 0. The third-order valence-electron chi connectivity index (χ3n) is 3.45. The lowest BCUT2D eigenvalue weighted by Gasteiger charge is -2.25. The minimum atomic E-state index is 0.417. The molecule has 0 bridgehead atoms. The van der Waals surface area contributed by atoms with Gasteiger partial charge in [-0.3, -0.25) is 0 Å². The van der Waals surface area contributed by atoms with Gasteiger partial charge in [0.15, 0.2) is 0 Å². The molecule has 0 saturated carbocycles. The summed E-state index contributed by atoms with van der Waals surface area (Å²) in [7, 11) is 2.09. The molecule has 1 aliphatic heterocycles. The van der Waals surface area contributed by atoms with Crippen molar-refractivity contribution in [2.24, 2.45) is 0 Å². The Morgan fingerprint density at radius 2 is 2.28 bits per heavy atom. The first-order chi connectivity index (χ1) is 8.61. The fourth-order valence-corrected chi connectivity index (χ4v) is 2.32. The van der Waals surface area contributed by atoms with Crippen LogP contribution in [0.1, 0.15) is 37.4 Å². The van der Waals surface area contributed by atoms with Crippen molar-refractivity contribution in [3.8, 4) is 0 Å². The molecule has 0 N–H and O–H groups in total. The first-order valence-electron chi connectivity index (χ1n) is 6.49. The Bertz CT molecular complexity index is 403.